The van der Waals surface area contributed by atoms with E-state index in [4.69, 9.17) is 5.14 Å². The number of hydrogen-bond donors (Lipinski definition) is 1. The number of sulfonamides is 1. The Morgan fingerprint density at radius 1 is 1.13 bits per heavy atom. The number of rotatable bonds is 2. The molecule has 0 saturated carbocycles. The molecule has 0 atom stereocenters. The first-order valence-electron chi connectivity index (χ1n) is 7.04. The maximum Gasteiger partial charge on any atom is 0.254 e. The van der Waals surface area contributed by atoms with Crippen LogP contribution in [-0.4, -0.2) is 25.8 Å². The van der Waals surface area contributed by atoms with Gasteiger partial charge in [-0.15, -0.1) is 0 Å². The fourth-order valence-corrected chi connectivity index (χ4v) is 3.25. The van der Waals surface area contributed by atoms with E-state index in [1.54, 1.807) is 17.0 Å². The van der Waals surface area contributed by atoms with Crippen LogP contribution < -0.4 is 5.14 Å². The van der Waals surface area contributed by atoms with Gasteiger partial charge in [0.1, 0.15) is 5.82 Å². The molecule has 0 aliphatic carbocycles. The van der Waals surface area contributed by atoms with Crippen molar-refractivity contribution in [1.29, 1.82) is 0 Å². The fraction of sp³-hybridized carbons (Fsp3) is 0.188. The molecule has 5 nitrogen and oxygen atoms in total. The average molecular weight is 334 g/mol. The molecule has 7 heteroatoms. The summed E-state index contributed by atoms with van der Waals surface area (Å²) in [5.74, 6) is -0.749. The number of carbonyl (C=O) groups is 1. The summed E-state index contributed by atoms with van der Waals surface area (Å²) in [7, 11) is -3.78. The molecule has 0 unspecified atom stereocenters. The third-order valence-electron chi connectivity index (χ3n) is 3.88. The molecule has 2 aromatic rings. The number of nitrogens with two attached hydrogens (primary N) is 1. The predicted octanol–water partition coefficient (Wildman–Crippen LogP) is 1.67. The van der Waals surface area contributed by atoms with Crippen LogP contribution in [0.1, 0.15) is 21.5 Å². The Kier molecular flexibility index (Phi) is 3.91. The molecule has 0 fully saturated rings. The van der Waals surface area contributed by atoms with Crippen LogP contribution in [0, 0.1) is 5.82 Å². The highest BCUT2D eigenvalue weighted by Gasteiger charge is 2.23. The zero-order valence-electron chi connectivity index (χ0n) is 12.2. The van der Waals surface area contributed by atoms with Gasteiger partial charge in [-0.05, 0) is 47.9 Å². The van der Waals surface area contributed by atoms with Gasteiger partial charge in [0.2, 0.25) is 10.0 Å². The Labute approximate surface area is 133 Å². The van der Waals surface area contributed by atoms with Crippen molar-refractivity contribution in [3.05, 3.63) is 65.0 Å². The number of halogens is 1. The van der Waals surface area contributed by atoms with Crippen molar-refractivity contribution < 1.29 is 17.6 Å². The third-order valence-corrected chi connectivity index (χ3v) is 4.79. The second-order valence-corrected chi connectivity index (χ2v) is 7.02. The van der Waals surface area contributed by atoms with E-state index in [2.05, 4.69) is 0 Å². The second-order valence-electron chi connectivity index (χ2n) is 5.46. The van der Waals surface area contributed by atoms with Crippen molar-refractivity contribution in [2.45, 2.75) is 17.9 Å². The van der Waals surface area contributed by atoms with E-state index < -0.39 is 15.8 Å². The maximum absolute atomic E-state index is 13.3. The molecule has 2 aromatic carbocycles. The number of nitrogens with zero attached hydrogens (tertiary/aromatic N) is 1. The first-order chi connectivity index (χ1) is 10.8. The summed E-state index contributed by atoms with van der Waals surface area (Å²) < 4.78 is 36.2. The Hall–Kier alpha value is -2.25. The van der Waals surface area contributed by atoms with Crippen molar-refractivity contribution in [3.63, 3.8) is 0 Å². The van der Waals surface area contributed by atoms with Gasteiger partial charge in [-0.2, -0.15) is 0 Å². The van der Waals surface area contributed by atoms with Gasteiger partial charge in [-0.25, -0.2) is 17.9 Å². The zero-order valence-corrected chi connectivity index (χ0v) is 13.0. The van der Waals surface area contributed by atoms with Crippen LogP contribution >= 0.6 is 0 Å². The molecule has 1 amide bonds. The highest BCUT2D eigenvalue weighted by atomic mass is 32.2. The Morgan fingerprint density at radius 3 is 2.61 bits per heavy atom. The van der Waals surface area contributed by atoms with Crippen LogP contribution in [-0.2, 0) is 23.0 Å². The molecule has 0 radical (unpaired) electrons. The number of amides is 1. The number of benzene rings is 2. The van der Waals surface area contributed by atoms with Crippen molar-refractivity contribution in [2.24, 2.45) is 5.14 Å². The number of fused-ring (bicyclic) bond motifs is 1. The lowest BCUT2D eigenvalue weighted by Gasteiger charge is -2.29. The van der Waals surface area contributed by atoms with E-state index >= 15 is 0 Å². The Bertz CT molecular complexity index is 881. The van der Waals surface area contributed by atoms with Crippen LogP contribution in [0.5, 0.6) is 0 Å². The minimum atomic E-state index is -3.78. The van der Waals surface area contributed by atoms with E-state index in [0.29, 0.717) is 13.0 Å². The van der Waals surface area contributed by atoms with Gasteiger partial charge in [-0.1, -0.05) is 12.1 Å². The molecule has 1 aliphatic heterocycles. The van der Waals surface area contributed by atoms with E-state index in [0.717, 1.165) is 11.1 Å². The monoisotopic (exact) mass is 334 g/mol. The van der Waals surface area contributed by atoms with Gasteiger partial charge >= 0.3 is 0 Å². The largest absolute Gasteiger partial charge is 0.334 e. The second kappa shape index (κ2) is 5.75. The lowest BCUT2D eigenvalue weighted by molar-refractivity contribution is 0.0734. The highest BCUT2D eigenvalue weighted by Crippen LogP contribution is 2.23. The van der Waals surface area contributed by atoms with Gasteiger partial charge in [-0.3, -0.25) is 4.79 Å². The molecule has 0 aromatic heterocycles. The van der Waals surface area contributed by atoms with Gasteiger partial charge in [0.15, 0.2) is 0 Å². The van der Waals surface area contributed by atoms with Crippen LogP contribution in [0.15, 0.2) is 47.4 Å². The molecular formula is C16H15FN2O3S. The normalized spacial score (nSPS) is 14.4. The number of hydrogen-bond acceptors (Lipinski definition) is 3. The van der Waals surface area contributed by atoms with Crippen molar-refractivity contribution in [2.75, 3.05) is 6.54 Å². The molecular weight excluding hydrogens is 319 g/mol. The van der Waals surface area contributed by atoms with Crippen LogP contribution in [0.25, 0.3) is 0 Å². The topological polar surface area (TPSA) is 80.5 Å². The molecule has 0 spiro atoms. The molecule has 2 N–H and O–H groups in total. The summed E-state index contributed by atoms with van der Waals surface area (Å²) in [5.41, 5.74) is 2.00. The van der Waals surface area contributed by atoms with Gasteiger partial charge in [0, 0.05) is 18.7 Å². The minimum absolute atomic E-state index is 0.0244. The molecule has 120 valence electrons. The lowest BCUT2D eigenvalue weighted by atomic mass is 9.99. The lowest BCUT2D eigenvalue weighted by Crippen LogP contribution is -2.36. The summed E-state index contributed by atoms with van der Waals surface area (Å²) in [6.07, 6.45) is 0.612. The number of primary sulfonamides is 1. The summed E-state index contributed by atoms with van der Waals surface area (Å²) >= 11 is 0. The van der Waals surface area contributed by atoms with E-state index in [1.807, 2.05) is 0 Å². The van der Waals surface area contributed by atoms with Crippen molar-refractivity contribution >= 4 is 15.9 Å². The molecule has 3 rings (SSSR count). The van der Waals surface area contributed by atoms with Gasteiger partial charge in [0.25, 0.3) is 5.91 Å². The predicted molar refractivity (Wildman–Crippen MR) is 82.7 cm³/mol. The van der Waals surface area contributed by atoms with Crippen LogP contribution in [0.4, 0.5) is 4.39 Å². The summed E-state index contributed by atoms with van der Waals surface area (Å²) in [5, 5.41) is 5.14. The van der Waals surface area contributed by atoms with E-state index in [-0.39, 0.29) is 22.9 Å². The molecule has 0 bridgehead atoms. The van der Waals surface area contributed by atoms with Gasteiger partial charge in [0.05, 0.1) is 4.90 Å². The summed E-state index contributed by atoms with van der Waals surface area (Å²) in [6.45, 7) is 0.769. The van der Waals surface area contributed by atoms with Crippen molar-refractivity contribution in [3.8, 4) is 0 Å². The molecule has 1 heterocycles. The highest BCUT2D eigenvalue weighted by molar-refractivity contribution is 7.89. The van der Waals surface area contributed by atoms with E-state index in [1.165, 1.54) is 30.3 Å². The minimum Gasteiger partial charge on any atom is -0.334 e. The number of carbonyl (C=O) groups excluding carboxylic acids is 1. The SMILES string of the molecule is NS(=O)(=O)c1ccc2c(c1)CN(C(=O)c1cccc(F)c1)CC2. The zero-order chi connectivity index (χ0) is 16.6. The fourth-order valence-electron chi connectivity index (χ4n) is 2.69. The molecule has 23 heavy (non-hydrogen) atoms. The molecule has 0 saturated heterocycles. The van der Waals surface area contributed by atoms with Crippen molar-refractivity contribution in [1.82, 2.24) is 4.90 Å². The van der Waals surface area contributed by atoms with Gasteiger partial charge < -0.3 is 4.90 Å². The third kappa shape index (κ3) is 3.25. The van der Waals surface area contributed by atoms with Crippen LogP contribution in [0.2, 0.25) is 0 Å². The average Bonchev–Trinajstić information content (AvgIpc) is 2.52. The smallest absolute Gasteiger partial charge is 0.254 e. The quantitative estimate of drug-likeness (QED) is 0.907. The first-order valence-corrected chi connectivity index (χ1v) is 8.59. The Balaban J connectivity index is 1.88. The van der Waals surface area contributed by atoms with E-state index in [9.17, 15) is 17.6 Å². The Morgan fingerprint density at radius 2 is 1.91 bits per heavy atom. The molecule has 1 aliphatic rings. The standard InChI is InChI=1S/C16H15FN2O3S/c17-14-3-1-2-12(8-14)16(20)19-7-6-11-4-5-15(23(18,21)22)9-13(11)10-19/h1-5,8-9H,6-7,10H2,(H2,18,21,22). The summed E-state index contributed by atoms with van der Waals surface area (Å²) in [6, 6.07) is 10.2. The first kappa shape index (κ1) is 15.6. The van der Waals surface area contributed by atoms with Crippen LogP contribution in [0.3, 0.4) is 0 Å². The maximum atomic E-state index is 13.3. The summed E-state index contributed by atoms with van der Waals surface area (Å²) in [4.78, 5) is 14.1.